The Labute approximate surface area is 162 Å². The Morgan fingerprint density at radius 2 is 1.85 bits per heavy atom. The molecule has 2 aliphatic rings. The van der Waals surface area contributed by atoms with Crippen LogP contribution < -0.4 is 4.90 Å². The van der Waals surface area contributed by atoms with Crippen LogP contribution in [0.2, 0.25) is 5.02 Å². The molecule has 0 saturated carbocycles. The predicted octanol–water partition coefficient (Wildman–Crippen LogP) is 5.57. The predicted molar refractivity (Wildman–Crippen MR) is 106 cm³/mol. The monoisotopic (exact) mass is 385 g/mol. The van der Waals surface area contributed by atoms with Gasteiger partial charge in [-0.15, -0.1) is 11.3 Å². The number of thiophene rings is 1. The van der Waals surface area contributed by atoms with E-state index in [0.29, 0.717) is 24.3 Å². The van der Waals surface area contributed by atoms with E-state index in [2.05, 4.69) is 13.8 Å². The summed E-state index contributed by atoms with van der Waals surface area (Å²) in [4.78, 5) is 29.0. The number of rotatable bonds is 2. The molecule has 1 aromatic carbocycles. The Bertz CT molecular complexity index is 897. The van der Waals surface area contributed by atoms with Gasteiger partial charge in [-0.05, 0) is 47.5 Å². The minimum Gasteiger partial charge on any atom is -0.294 e. The third kappa shape index (κ3) is 3.01. The number of Topliss-reactive ketones (excluding diaryl/α,β-unsaturated/α-hetero) is 1. The zero-order valence-electron chi connectivity index (χ0n) is 14.8. The summed E-state index contributed by atoms with van der Waals surface area (Å²) in [5.74, 6) is 0.0840. The molecular formula is C21H20ClNO2S. The van der Waals surface area contributed by atoms with Gasteiger partial charge in [-0.25, -0.2) is 0 Å². The smallest absolute Gasteiger partial charge is 0.232 e. The molecule has 0 radical (unpaired) electrons. The van der Waals surface area contributed by atoms with Crippen LogP contribution in [0.25, 0.3) is 0 Å². The van der Waals surface area contributed by atoms with E-state index < -0.39 is 0 Å². The molecule has 3 nitrogen and oxygen atoms in total. The Morgan fingerprint density at radius 3 is 2.50 bits per heavy atom. The number of hydrogen-bond acceptors (Lipinski definition) is 3. The number of ketones is 1. The zero-order valence-corrected chi connectivity index (χ0v) is 16.4. The highest BCUT2D eigenvalue weighted by Gasteiger charge is 2.44. The molecule has 4 rings (SSSR count). The quantitative estimate of drug-likeness (QED) is 0.678. The van der Waals surface area contributed by atoms with E-state index in [9.17, 15) is 9.59 Å². The van der Waals surface area contributed by atoms with Crippen molar-refractivity contribution in [3.63, 3.8) is 0 Å². The van der Waals surface area contributed by atoms with E-state index >= 15 is 0 Å². The van der Waals surface area contributed by atoms with Crippen LogP contribution in [0.3, 0.4) is 0 Å². The van der Waals surface area contributed by atoms with E-state index in [4.69, 9.17) is 11.6 Å². The number of allylic oxidation sites excluding steroid dienone is 2. The average Bonchev–Trinajstić information content (AvgIpc) is 3.08. The summed E-state index contributed by atoms with van der Waals surface area (Å²) in [5.41, 5.74) is 2.31. The number of amides is 1. The third-order valence-corrected chi connectivity index (χ3v) is 6.35. The second kappa shape index (κ2) is 6.36. The first kappa shape index (κ1) is 17.5. The number of hydrogen-bond donors (Lipinski definition) is 0. The maximum atomic E-state index is 13.1. The van der Waals surface area contributed by atoms with Gasteiger partial charge in [0.05, 0.1) is 0 Å². The van der Waals surface area contributed by atoms with E-state index in [1.54, 1.807) is 28.4 Å². The van der Waals surface area contributed by atoms with E-state index in [-0.39, 0.29) is 23.0 Å². The molecule has 0 bridgehead atoms. The van der Waals surface area contributed by atoms with Gasteiger partial charge in [0.2, 0.25) is 5.91 Å². The Kier molecular flexibility index (Phi) is 4.28. The fraction of sp³-hybridized carbons (Fsp3) is 0.333. The number of halogens is 1. The van der Waals surface area contributed by atoms with Crippen LogP contribution in [0.1, 0.15) is 43.9 Å². The highest BCUT2D eigenvalue weighted by Crippen LogP contribution is 2.48. The Balaban J connectivity index is 1.89. The largest absolute Gasteiger partial charge is 0.294 e. The van der Waals surface area contributed by atoms with Crippen LogP contribution in [0.5, 0.6) is 0 Å². The van der Waals surface area contributed by atoms with Gasteiger partial charge in [0, 0.05) is 45.6 Å². The molecule has 1 aromatic heterocycles. The van der Waals surface area contributed by atoms with Crippen molar-refractivity contribution >= 4 is 40.3 Å². The van der Waals surface area contributed by atoms with Gasteiger partial charge in [-0.3, -0.25) is 14.5 Å². The minimum absolute atomic E-state index is 0.0370. The lowest BCUT2D eigenvalue weighted by molar-refractivity contribution is -0.120. The maximum Gasteiger partial charge on any atom is 0.232 e. The van der Waals surface area contributed by atoms with Crippen molar-refractivity contribution in [3.8, 4) is 0 Å². The summed E-state index contributed by atoms with van der Waals surface area (Å²) >= 11 is 7.63. The molecule has 2 aromatic rings. The second-order valence-corrected chi connectivity index (χ2v) is 9.19. The Hall–Kier alpha value is -1.91. The Morgan fingerprint density at radius 1 is 1.12 bits per heavy atom. The highest BCUT2D eigenvalue weighted by atomic mass is 35.5. The van der Waals surface area contributed by atoms with Gasteiger partial charge >= 0.3 is 0 Å². The number of nitrogens with zero attached hydrogens (tertiary/aromatic N) is 1. The standard InChI is InChI=1S/C21H20ClNO2S/c1-21(2)11-16-20(17(24)12-21)15(18-4-3-9-26-18)10-19(25)23(16)14-7-5-13(22)6-8-14/h3-9,15H,10-12H2,1-2H3. The van der Waals surface area contributed by atoms with Crippen LogP contribution in [-0.2, 0) is 9.59 Å². The molecule has 1 aliphatic carbocycles. The van der Waals surface area contributed by atoms with Crippen molar-refractivity contribution in [2.24, 2.45) is 5.41 Å². The summed E-state index contributed by atoms with van der Waals surface area (Å²) in [7, 11) is 0. The van der Waals surface area contributed by atoms with Crippen LogP contribution in [0.4, 0.5) is 5.69 Å². The maximum absolute atomic E-state index is 13.1. The summed E-state index contributed by atoms with van der Waals surface area (Å²) in [6, 6.07) is 11.3. The summed E-state index contributed by atoms with van der Waals surface area (Å²) in [5, 5.41) is 2.63. The van der Waals surface area contributed by atoms with Gasteiger partial charge in [-0.1, -0.05) is 31.5 Å². The van der Waals surface area contributed by atoms with Gasteiger partial charge in [-0.2, -0.15) is 0 Å². The first-order chi connectivity index (χ1) is 12.4. The lowest BCUT2D eigenvalue weighted by Crippen LogP contribution is -2.43. The zero-order chi connectivity index (χ0) is 18.5. The van der Waals surface area contributed by atoms with E-state index in [0.717, 1.165) is 21.8 Å². The van der Waals surface area contributed by atoms with Gasteiger partial charge in [0.15, 0.2) is 5.78 Å². The minimum atomic E-state index is -0.155. The van der Waals surface area contributed by atoms with Crippen molar-refractivity contribution in [2.45, 2.75) is 39.0 Å². The highest BCUT2D eigenvalue weighted by molar-refractivity contribution is 7.10. The summed E-state index contributed by atoms with van der Waals surface area (Å²) < 4.78 is 0. The number of carbonyl (C=O) groups is 2. The molecule has 1 aliphatic heterocycles. The summed E-state index contributed by atoms with van der Waals surface area (Å²) in [6.07, 6.45) is 1.56. The second-order valence-electron chi connectivity index (χ2n) is 7.78. The van der Waals surface area contributed by atoms with Gasteiger partial charge in [0.25, 0.3) is 0 Å². The molecule has 134 valence electrons. The molecule has 5 heteroatoms. The van der Waals surface area contributed by atoms with Crippen LogP contribution in [-0.4, -0.2) is 11.7 Å². The first-order valence-corrected chi connectivity index (χ1v) is 10.00. The molecule has 1 unspecified atom stereocenters. The molecule has 0 saturated heterocycles. The number of anilines is 1. The SMILES string of the molecule is CC1(C)CC(=O)C2=C(C1)N(c1ccc(Cl)cc1)C(=O)CC2c1cccs1. The van der Waals surface area contributed by atoms with Crippen molar-refractivity contribution in [1.29, 1.82) is 0 Å². The van der Waals surface area contributed by atoms with Crippen LogP contribution in [0, 0.1) is 5.41 Å². The third-order valence-electron chi connectivity index (χ3n) is 5.11. The lowest BCUT2D eigenvalue weighted by atomic mass is 9.70. The van der Waals surface area contributed by atoms with Gasteiger partial charge in [0.1, 0.15) is 0 Å². The molecule has 0 N–H and O–H groups in total. The van der Waals surface area contributed by atoms with E-state index in [1.807, 2.05) is 29.6 Å². The van der Waals surface area contributed by atoms with Crippen LogP contribution >= 0.6 is 22.9 Å². The van der Waals surface area contributed by atoms with Crippen molar-refractivity contribution in [1.82, 2.24) is 0 Å². The first-order valence-electron chi connectivity index (χ1n) is 8.74. The normalized spacial score (nSPS) is 22.6. The van der Waals surface area contributed by atoms with E-state index in [1.165, 1.54) is 0 Å². The fourth-order valence-electron chi connectivity index (χ4n) is 4.04. The van der Waals surface area contributed by atoms with Crippen molar-refractivity contribution < 1.29 is 9.59 Å². The van der Waals surface area contributed by atoms with Crippen molar-refractivity contribution in [3.05, 3.63) is 62.9 Å². The van der Waals surface area contributed by atoms with Crippen molar-refractivity contribution in [2.75, 3.05) is 4.90 Å². The van der Waals surface area contributed by atoms with Crippen LogP contribution in [0.15, 0.2) is 53.0 Å². The molecule has 26 heavy (non-hydrogen) atoms. The molecule has 1 atom stereocenters. The molecular weight excluding hydrogens is 366 g/mol. The fourth-order valence-corrected chi connectivity index (χ4v) is 5.00. The lowest BCUT2D eigenvalue weighted by Gasteiger charge is -2.42. The summed E-state index contributed by atoms with van der Waals surface area (Å²) in [6.45, 7) is 4.18. The molecule has 0 fully saturated rings. The number of benzene rings is 1. The van der Waals surface area contributed by atoms with Gasteiger partial charge < -0.3 is 0 Å². The topological polar surface area (TPSA) is 37.4 Å². The molecule has 1 amide bonds. The molecule has 2 heterocycles. The average molecular weight is 386 g/mol. The molecule has 0 spiro atoms. The number of carbonyl (C=O) groups excluding carboxylic acids is 2.